The molecule has 94 valence electrons. The lowest BCUT2D eigenvalue weighted by molar-refractivity contribution is 0.266. The van der Waals surface area contributed by atoms with Crippen LogP contribution >= 0.6 is 11.6 Å². The summed E-state index contributed by atoms with van der Waals surface area (Å²) >= 11 is 5.64. The van der Waals surface area contributed by atoms with E-state index in [9.17, 15) is 0 Å². The van der Waals surface area contributed by atoms with E-state index in [1.165, 1.54) is 25.8 Å². The molecule has 17 heavy (non-hydrogen) atoms. The van der Waals surface area contributed by atoms with Gasteiger partial charge in [-0.3, -0.25) is 0 Å². The Morgan fingerprint density at radius 3 is 3.06 bits per heavy atom. The number of hydrogen-bond acceptors (Lipinski definition) is 4. The maximum atomic E-state index is 5.64. The number of aromatic nitrogens is 2. The average molecular weight is 256 g/mol. The highest BCUT2D eigenvalue weighted by molar-refractivity contribution is 6.29. The van der Waals surface area contributed by atoms with Crippen LogP contribution in [0, 0.1) is 5.92 Å². The molecule has 0 aliphatic carbocycles. The maximum absolute atomic E-state index is 5.64. The van der Waals surface area contributed by atoms with Crippen molar-refractivity contribution in [1.82, 2.24) is 15.5 Å². The minimum Gasteiger partial charge on any atom is -0.477 e. The van der Waals surface area contributed by atoms with Gasteiger partial charge in [0.1, 0.15) is 0 Å². The molecule has 1 aliphatic heterocycles. The normalized spacial score (nSPS) is 20.2. The van der Waals surface area contributed by atoms with Gasteiger partial charge < -0.3 is 10.1 Å². The number of rotatable bonds is 5. The van der Waals surface area contributed by atoms with E-state index < -0.39 is 0 Å². The Kier molecular flexibility index (Phi) is 5.01. The van der Waals surface area contributed by atoms with Crippen LogP contribution in [0.5, 0.6) is 5.88 Å². The second kappa shape index (κ2) is 6.77. The van der Waals surface area contributed by atoms with Crippen molar-refractivity contribution in [3.8, 4) is 5.88 Å². The van der Waals surface area contributed by atoms with E-state index in [2.05, 4.69) is 15.5 Å². The van der Waals surface area contributed by atoms with E-state index >= 15 is 0 Å². The second-order valence-corrected chi connectivity index (χ2v) is 4.78. The summed E-state index contributed by atoms with van der Waals surface area (Å²) in [5.74, 6) is 1.36. The van der Waals surface area contributed by atoms with Gasteiger partial charge in [0, 0.05) is 6.07 Å². The van der Waals surface area contributed by atoms with Crippen molar-refractivity contribution >= 4 is 11.6 Å². The fourth-order valence-electron chi connectivity index (χ4n) is 2.10. The van der Waals surface area contributed by atoms with Gasteiger partial charge in [-0.25, -0.2) is 0 Å². The van der Waals surface area contributed by atoms with Crippen LogP contribution in [-0.2, 0) is 0 Å². The highest BCUT2D eigenvalue weighted by Gasteiger charge is 2.12. The summed E-state index contributed by atoms with van der Waals surface area (Å²) in [6.45, 7) is 3.03. The molecule has 1 fully saturated rings. The molecular formula is C12H18ClN3O. The number of halogens is 1. The lowest BCUT2D eigenvalue weighted by Crippen LogP contribution is -2.29. The van der Waals surface area contributed by atoms with Crippen molar-refractivity contribution in [3.63, 3.8) is 0 Å². The Labute approximate surface area is 107 Å². The quantitative estimate of drug-likeness (QED) is 0.820. The SMILES string of the molecule is Clc1ccc(OCCC[C@H]2CCCNC2)nn1. The first-order valence-electron chi connectivity index (χ1n) is 6.17. The van der Waals surface area contributed by atoms with E-state index in [0.717, 1.165) is 18.9 Å². The molecule has 1 saturated heterocycles. The van der Waals surface area contributed by atoms with Crippen LogP contribution in [0.1, 0.15) is 25.7 Å². The van der Waals surface area contributed by atoms with Crippen LogP contribution in [-0.4, -0.2) is 29.9 Å². The summed E-state index contributed by atoms with van der Waals surface area (Å²) < 4.78 is 5.50. The molecule has 0 radical (unpaired) electrons. The van der Waals surface area contributed by atoms with Gasteiger partial charge in [0.2, 0.25) is 5.88 Å². The van der Waals surface area contributed by atoms with Crippen molar-refractivity contribution in [2.24, 2.45) is 5.92 Å². The average Bonchev–Trinajstić information content (AvgIpc) is 2.38. The minimum absolute atomic E-state index is 0.394. The highest BCUT2D eigenvalue weighted by Crippen LogP contribution is 2.16. The molecule has 1 N–H and O–H groups in total. The van der Waals surface area contributed by atoms with Crippen molar-refractivity contribution in [3.05, 3.63) is 17.3 Å². The zero-order valence-electron chi connectivity index (χ0n) is 9.86. The molecule has 2 rings (SSSR count). The number of ether oxygens (including phenoxy) is 1. The first-order chi connectivity index (χ1) is 8.34. The van der Waals surface area contributed by atoms with Gasteiger partial charge in [-0.05, 0) is 50.8 Å². The lowest BCUT2D eigenvalue weighted by atomic mass is 9.95. The summed E-state index contributed by atoms with van der Waals surface area (Å²) in [5, 5.41) is 11.4. The Morgan fingerprint density at radius 1 is 1.41 bits per heavy atom. The fourth-order valence-corrected chi connectivity index (χ4v) is 2.20. The van der Waals surface area contributed by atoms with E-state index in [0.29, 0.717) is 17.6 Å². The molecule has 1 aromatic heterocycles. The van der Waals surface area contributed by atoms with Crippen LogP contribution in [0.3, 0.4) is 0 Å². The fraction of sp³-hybridized carbons (Fsp3) is 0.667. The van der Waals surface area contributed by atoms with Crippen molar-refractivity contribution in [1.29, 1.82) is 0 Å². The molecule has 1 aliphatic rings. The number of nitrogens with one attached hydrogen (secondary N) is 1. The first kappa shape index (κ1) is 12.6. The predicted molar refractivity (Wildman–Crippen MR) is 67.4 cm³/mol. The standard InChI is InChI=1S/C12H18ClN3O/c13-11-5-6-12(16-15-11)17-8-2-4-10-3-1-7-14-9-10/h5-6,10,14H,1-4,7-9H2/t10-/m1/s1. The van der Waals surface area contributed by atoms with Gasteiger partial charge in [0.15, 0.2) is 5.15 Å². The Hall–Kier alpha value is -0.870. The van der Waals surface area contributed by atoms with E-state index in [1.54, 1.807) is 12.1 Å². The summed E-state index contributed by atoms with van der Waals surface area (Å²) in [5.41, 5.74) is 0. The molecule has 5 heteroatoms. The van der Waals surface area contributed by atoms with Crippen LogP contribution in [0.15, 0.2) is 12.1 Å². The summed E-state index contributed by atoms with van der Waals surface area (Å²) in [6, 6.07) is 3.44. The molecule has 0 unspecified atom stereocenters. The monoisotopic (exact) mass is 255 g/mol. The van der Waals surface area contributed by atoms with Gasteiger partial charge in [-0.1, -0.05) is 11.6 Å². The van der Waals surface area contributed by atoms with Gasteiger partial charge in [0.25, 0.3) is 0 Å². The van der Waals surface area contributed by atoms with E-state index in [-0.39, 0.29) is 0 Å². The molecule has 0 aromatic carbocycles. The zero-order chi connectivity index (χ0) is 11.9. The lowest BCUT2D eigenvalue weighted by Gasteiger charge is -2.22. The Balaban J connectivity index is 1.60. The van der Waals surface area contributed by atoms with Crippen LogP contribution in [0.2, 0.25) is 5.15 Å². The van der Waals surface area contributed by atoms with Gasteiger partial charge in [-0.15, -0.1) is 10.2 Å². The first-order valence-corrected chi connectivity index (χ1v) is 6.55. The van der Waals surface area contributed by atoms with Crippen molar-refractivity contribution < 1.29 is 4.74 Å². The van der Waals surface area contributed by atoms with Gasteiger partial charge >= 0.3 is 0 Å². The molecular weight excluding hydrogens is 238 g/mol. The Bertz CT molecular complexity index is 325. The number of nitrogens with zero attached hydrogens (tertiary/aromatic N) is 2. The smallest absolute Gasteiger partial charge is 0.233 e. The highest BCUT2D eigenvalue weighted by atomic mass is 35.5. The third-order valence-corrected chi connectivity index (χ3v) is 3.21. The topological polar surface area (TPSA) is 47.0 Å². The minimum atomic E-state index is 0.394. The molecule has 4 nitrogen and oxygen atoms in total. The summed E-state index contributed by atoms with van der Waals surface area (Å²) in [6.07, 6.45) is 4.92. The van der Waals surface area contributed by atoms with Crippen LogP contribution < -0.4 is 10.1 Å². The van der Waals surface area contributed by atoms with Crippen molar-refractivity contribution in [2.45, 2.75) is 25.7 Å². The maximum Gasteiger partial charge on any atom is 0.233 e. The van der Waals surface area contributed by atoms with Crippen molar-refractivity contribution in [2.75, 3.05) is 19.7 Å². The summed E-state index contributed by atoms with van der Waals surface area (Å²) in [7, 11) is 0. The molecule has 0 saturated carbocycles. The zero-order valence-corrected chi connectivity index (χ0v) is 10.6. The molecule has 0 bridgehead atoms. The largest absolute Gasteiger partial charge is 0.477 e. The van der Waals surface area contributed by atoms with Crippen LogP contribution in [0.4, 0.5) is 0 Å². The predicted octanol–water partition coefficient (Wildman–Crippen LogP) is 2.29. The van der Waals surface area contributed by atoms with Gasteiger partial charge in [-0.2, -0.15) is 0 Å². The Morgan fingerprint density at radius 2 is 2.35 bits per heavy atom. The van der Waals surface area contributed by atoms with E-state index in [4.69, 9.17) is 16.3 Å². The summed E-state index contributed by atoms with van der Waals surface area (Å²) in [4.78, 5) is 0. The molecule has 2 heterocycles. The van der Waals surface area contributed by atoms with E-state index in [1.807, 2.05) is 0 Å². The second-order valence-electron chi connectivity index (χ2n) is 4.40. The molecule has 0 amide bonds. The third kappa shape index (κ3) is 4.48. The molecule has 1 aromatic rings. The third-order valence-electron chi connectivity index (χ3n) is 3.01. The van der Waals surface area contributed by atoms with Gasteiger partial charge in [0.05, 0.1) is 6.61 Å². The number of piperidine rings is 1. The van der Waals surface area contributed by atoms with Crippen LogP contribution in [0.25, 0.3) is 0 Å². The molecule has 1 atom stereocenters. The number of hydrogen-bond donors (Lipinski definition) is 1. The molecule has 0 spiro atoms.